The summed E-state index contributed by atoms with van der Waals surface area (Å²) in [6.45, 7) is 0. The number of carbonyl (C=O) groups is 1. The van der Waals surface area contributed by atoms with E-state index in [0.717, 1.165) is 44.8 Å². The van der Waals surface area contributed by atoms with Crippen LogP contribution in [-0.2, 0) is 9.84 Å². The van der Waals surface area contributed by atoms with Crippen molar-refractivity contribution in [2.24, 2.45) is 5.41 Å². The van der Waals surface area contributed by atoms with Gasteiger partial charge in [-0.25, -0.2) is 8.42 Å². The van der Waals surface area contributed by atoms with Gasteiger partial charge in [0.25, 0.3) is 5.91 Å². The molecule has 0 aliphatic heterocycles. The minimum Gasteiger partial charge on any atom is -0.347 e. The molecule has 0 unspecified atom stereocenters. The van der Waals surface area contributed by atoms with Gasteiger partial charge in [0.2, 0.25) is 0 Å². The number of fused-ring (bicyclic) bond motifs is 3. The third-order valence-corrected chi connectivity index (χ3v) is 7.08. The Morgan fingerprint density at radius 2 is 1.79 bits per heavy atom. The highest BCUT2D eigenvalue weighted by Gasteiger charge is 2.49. The molecule has 0 spiro atoms. The summed E-state index contributed by atoms with van der Waals surface area (Å²) in [5.74, 6) is -0.353. The Labute approximate surface area is 150 Å². The summed E-state index contributed by atoms with van der Waals surface area (Å²) in [6, 6.07) is 7.12. The fourth-order valence-electron chi connectivity index (χ4n) is 3.84. The highest BCUT2D eigenvalue weighted by atomic mass is 79.9. The van der Waals surface area contributed by atoms with Crippen molar-refractivity contribution in [1.82, 2.24) is 5.32 Å². The highest BCUT2D eigenvalue weighted by molar-refractivity contribution is 9.10. The molecule has 24 heavy (non-hydrogen) atoms. The van der Waals surface area contributed by atoms with Gasteiger partial charge in [-0.05, 0) is 56.7 Å². The molecule has 0 atom stereocenters. The van der Waals surface area contributed by atoms with Crippen LogP contribution in [0.25, 0.3) is 0 Å². The average Bonchev–Trinajstić information content (AvgIpc) is 2.55. The Morgan fingerprint density at radius 1 is 1.21 bits per heavy atom. The van der Waals surface area contributed by atoms with Crippen molar-refractivity contribution in [2.75, 3.05) is 6.26 Å². The van der Waals surface area contributed by atoms with E-state index in [1.54, 1.807) is 6.07 Å². The maximum absolute atomic E-state index is 12.8. The van der Waals surface area contributed by atoms with Crippen molar-refractivity contribution < 1.29 is 13.2 Å². The largest absolute Gasteiger partial charge is 0.347 e. The van der Waals surface area contributed by atoms with E-state index in [1.807, 2.05) is 0 Å². The minimum atomic E-state index is -3.51. The average molecular weight is 411 g/mol. The molecule has 0 radical (unpaired) electrons. The Bertz CT molecular complexity index is 817. The van der Waals surface area contributed by atoms with E-state index in [-0.39, 0.29) is 27.3 Å². The van der Waals surface area contributed by atoms with Gasteiger partial charge in [-0.15, -0.1) is 0 Å². The molecule has 3 saturated carbocycles. The molecule has 1 N–H and O–H groups in total. The van der Waals surface area contributed by atoms with Gasteiger partial charge in [0.15, 0.2) is 9.84 Å². The van der Waals surface area contributed by atoms with Gasteiger partial charge in [-0.1, -0.05) is 15.9 Å². The minimum absolute atomic E-state index is 0.0313. The molecule has 3 aliphatic carbocycles. The Kier molecular flexibility index (Phi) is 4.25. The molecule has 1 aromatic rings. The smallest absolute Gasteiger partial charge is 0.253 e. The Morgan fingerprint density at radius 3 is 2.29 bits per heavy atom. The Balaban J connectivity index is 1.86. The van der Waals surface area contributed by atoms with Crippen LogP contribution in [0, 0.1) is 16.7 Å². The normalized spacial score (nSPS) is 29.0. The number of nitrogens with zero attached hydrogens (tertiary/aromatic N) is 1. The summed E-state index contributed by atoms with van der Waals surface area (Å²) in [4.78, 5) is 12.8. The molecule has 2 bridgehead atoms. The van der Waals surface area contributed by atoms with Gasteiger partial charge in [0.1, 0.15) is 0 Å². The van der Waals surface area contributed by atoms with Crippen molar-refractivity contribution in [2.45, 2.75) is 49.0 Å². The molecule has 0 saturated heterocycles. The van der Waals surface area contributed by atoms with Gasteiger partial charge in [0, 0.05) is 16.3 Å². The molecule has 3 aliphatic rings. The first-order valence-corrected chi connectivity index (χ1v) is 10.6. The zero-order valence-corrected chi connectivity index (χ0v) is 15.8. The van der Waals surface area contributed by atoms with Crippen molar-refractivity contribution in [1.29, 1.82) is 5.26 Å². The molecule has 0 heterocycles. The van der Waals surface area contributed by atoms with E-state index in [4.69, 9.17) is 0 Å². The predicted molar refractivity (Wildman–Crippen MR) is 93.2 cm³/mol. The second kappa shape index (κ2) is 5.85. The van der Waals surface area contributed by atoms with Crippen LogP contribution in [0.15, 0.2) is 27.6 Å². The van der Waals surface area contributed by atoms with Crippen LogP contribution in [-0.4, -0.2) is 26.1 Å². The monoisotopic (exact) mass is 410 g/mol. The maximum atomic E-state index is 12.8. The van der Waals surface area contributed by atoms with Gasteiger partial charge in [-0.3, -0.25) is 4.79 Å². The predicted octanol–water partition coefficient (Wildman–Crippen LogP) is 3.20. The number of carbonyl (C=O) groups excluding carboxylic acids is 1. The van der Waals surface area contributed by atoms with E-state index in [2.05, 4.69) is 27.3 Å². The summed E-state index contributed by atoms with van der Waals surface area (Å²) in [5.41, 5.74) is -0.350. The number of amides is 1. The number of nitriles is 1. The fourth-order valence-corrected chi connectivity index (χ4v) is 5.25. The van der Waals surface area contributed by atoms with Gasteiger partial charge >= 0.3 is 0 Å². The van der Waals surface area contributed by atoms with Crippen molar-refractivity contribution in [3.63, 3.8) is 0 Å². The van der Waals surface area contributed by atoms with Crippen molar-refractivity contribution in [3.05, 3.63) is 28.2 Å². The van der Waals surface area contributed by atoms with E-state index in [1.165, 1.54) is 12.1 Å². The zero-order valence-electron chi connectivity index (χ0n) is 13.4. The van der Waals surface area contributed by atoms with E-state index >= 15 is 0 Å². The molecule has 5 nitrogen and oxygen atoms in total. The second-order valence-corrected chi connectivity index (χ2v) is 9.94. The van der Waals surface area contributed by atoms with Crippen LogP contribution in [0.1, 0.15) is 48.9 Å². The first kappa shape index (κ1) is 17.4. The number of sulfone groups is 1. The molecule has 1 amide bonds. The maximum Gasteiger partial charge on any atom is 0.253 e. The van der Waals surface area contributed by atoms with E-state index in [9.17, 15) is 18.5 Å². The van der Waals surface area contributed by atoms with E-state index in [0.29, 0.717) is 4.47 Å². The van der Waals surface area contributed by atoms with Crippen LogP contribution in [0.5, 0.6) is 0 Å². The van der Waals surface area contributed by atoms with Gasteiger partial charge in [0.05, 0.1) is 21.9 Å². The quantitative estimate of drug-likeness (QED) is 0.828. The second-order valence-electron chi connectivity index (χ2n) is 7.04. The molecular formula is C17H19BrN2O3S. The molecule has 1 aromatic carbocycles. The van der Waals surface area contributed by atoms with Crippen LogP contribution < -0.4 is 5.32 Å². The summed E-state index contributed by atoms with van der Waals surface area (Å²) >= 11 is 3.25. The summed E-state index contributed by atoms with van der Waals surface area (Å²) in [5, 5.41) is 12.4. The number of rotatable bonds is 3. The zero-order chi connectivity index (χ0) is 17.6. The third-order valence-electron chi connectivity index (χ3n) is 5.45. The topological polar surface area (TPSA) is 87.0 Å². The lowest BCUT2D eigenvalue weighted by molar-refractivity contribution is 0.0519. The van der Waals surface area contributed by atoms with Crippen LogP contribution in [0.3, 0.4) is 0 Å². The lowest BCUT2D eigenvalue weighted by atomic mass is 9.58. The number of halogens is 1. The number of nitrogens with one attached hydrogen (secondary N) is 1. The van der Waals surface area contributed by atoms with Gasteiger partial charge in [-0.2, -0.15) is 5.26 Å². The fraction of sp³-hybridized carbons (Fsp3) is 0.529. The number of hydrogen-bond donors (Lipinski definition) is 1. The van der Waals surface area contributed by atoms with Gasteiger partial charge < -0.3 is 5.32 Å². The number of hydrogen-bond acceptors (Lipinski definition) is 4. The van der Waals surface area contributed by atoms with Crippen LogP contribution >= 0.6 is 15.9 Å². The highest BCUT2D eigenvalue weighted by Crippen LogP contribution is 2.52. The lowest BCUT2D eigenvalue weighted by Gasteiger charge is -2.50. The molecule has 0 aromatic heterocycles. The van der Waals surface area contributed by atoms with E-state index < -0.39 is 9.84 Å². The Hall–Kier alpha value is -1.39. The summed E-state index contributed by atoms with van der Waals surface area (Å²) < 4.78 is 24.6. The standard InChI is InChI=1S/C17H19BrN2O3S/c1-24(22,23)14-10-12(18)2-3-13(14)15(21)20-17-7-4-16(11-19,5-8-17)6-9-17/h2-3,10H,4-9H2,1H3,(H,20,21). The van der Waals surface area contributed by atoms with Crippen molar-refractivity contribution >= 4 is 31.7 Å². The first-order chi connectivity index (χ1) is 11.2. The summed E-state index contributed by atoms with van der Waals surface area (Å²) in [7, 11) is -3.51. The van der Waals surface area contributed by atoms with Crippen molar-refractivity contribution in [3.8, 4) is 6.07 Å². The molecule has 4 rings (SSSR count). The molecular weight excluding hydrogens is 392 g/mol. The van der Waals surface area contributed by atoms with Crippen LogP contribution in [0.2, 0.25) is 0 Å². The molecule has 7 heteroatoms. The number of benzene rings is 1. The van der Waals surface area contributed by atoms with Crippen LogP contribution in [0.4, 0.5) is 0 Å². The molecule has 3 fully saturated rings. The lowest BCUT2D eigenvalue weighted by Crippen LogP contribution is -2.56. The third kappa shape index (κ3) is 3.09. The first-order valence-electron chi connectivity index (χ1n) is 7.92. The molecule has 128 valence electrons. The SMILES string of the molecule is CS(=O)(=O)c1cc(Br)ccc1C(=O)NC12CCC(C#N)(CC1)CC2. The summed E-state index contributed by atoms with van der Waals surface area (Å²) in [6.07, 6.45) is 5.81.